The molecule has 1 amide bonds. The summed E-state index contributed by atoms with van der Waals surface area (Å²) in [5.74, 6) is 1.14. The molecule has 1 N–H and O–H groups in total. The van der Waals surface area contributed by atoms with Crippen LogP contribution in [0.2, 0.25) is 0 Å². The molecule has 1 saturated heterocycles. The second kappa shape index (κ2) is 5.79. The molecule has 3 heterocycles. The van der Waals surface area contributed by atoms with E-state index in [4.69, 9.17) is 0 Å². The minimum absolute atomic E-state index is 0.0566. The molecule has 6 heteroatoms. The lowest BCUT2D eigenvalue weighted by Crippen LogP contribution is -2.39. The van der Waals surface area contributed by atoms with Crippen molar-refractivity contribution in [2.45, 2.75) is 18.8 Å². The number of rotatable bonds is 2. The number of H-pyrrole nitrogens is 1. The lowest BCUT2D eigenvalue weighted by molar-refractivity contribution is 0.0698. The Morgan fingerprint density at radius 2 is 2.17 bits per heavy atom. The van der Waals surface area contributed by atoms with Gasteiger partial charge in [-0.1, -0.05) is 12.1 Å². The fourth-order valence-corrected chi connectivity index (χ4v) is 3.12. The van der Waals surface area contributed by atoms with Gasteiger partial charge in [0.05, 0.1) is 17.2 Å². The van der Waals surface area contributed by atoms with Crippen molar-refractivity contribution in [1.29, 1.82) is 0 Å². The SMILES string of the molecule is O=C(c1cnccn1)N1CCCC(c2nc3ccccc3[nH]2)C1. The Morgan fingerprint density at radius 1 is 1.26 bits per heavy atom. The molecule has 1 atom stereocenters. The summed E-state index contributed by atoms with van der Waals surface area (Å²) in [6.07, 6.45) is 6.64. The monoisotopic (exact) mass is 307 g/mol. The standard InChI is InChI=1S/C17H17N5O/c23-17(15-10-18-7-8-19-15)22-9-3-4-12(11-22)16-20-13-5-1-2-6-14(13)21-16/h1-2,5-8,10,12H,3-4,9,11H2,(H,20,21). The number of carbonyl (C=O) groups excluding carboxylic acids is 1. The summed E-state index contributed by atoms with van der Waals surface area (Å²) in [5, 5.41) is 0. The van der Waals surface area contributed by atoms with Gasteiger partial charge in [-0.2, -0.15) is 0 Å². The van der Waals surface area contributed by atoms with Crippen LogP contribution in [0.15, 0.2) is 42.9 Å². The maximum absolute atomic E-state index is 12.5. The molecule has 0 spiro atoms. The third-order valence-corrected chi connectivity index (χ3v) is 4.29. The molecule has 1 fully saturated rings. The van der Waals surface area contributed by atoms with Crippen LogP contribution in [0.4, 0.5) is 0 Å². The zero-order chi connectivity index (χ0) is 15.6. The Morgan fingerprint density at radius 3 is 3.00 bits per heavy atom. The summed E-state index contributed by atoms with van der Waals surface area (Å²) < 4.78 is 0. The maximum Gasteiger partial charge on any atom is 0.274 e. The first-order chi connectivity index (χ1) is 11.3. The number of imidazole rings is 1. The topological polar surface area (TPSA) is 74.8 Å². The zero-order valence-corrected chi connectivity index (χ0v) is 12.6. The van der Waals surface area contributed by atoms with Gasteiger partial charge in [-0.3, -0.25) is 9.78 Å². The molecule has 0 radical (unpaired) electrons. The van der Waals surface area contributed by atoms with E-state index < -0.39 is 0 Å². The molecule has 23 heavy (non-hydrogen) atoms. The first-order valence-electron chi connectivity index (χ1n) is 7.81. The lowest BCUT2D eigenvalue weighted by Gasteiger charge is -2.31. The van der Waals surface area contributed by atoms with Crippen LogP contribution in [-0.4, -0.2) is 43.8 Å². The molecule has 1 unspecified atom stereocenters. The molecule has 3 aromatic rings. The first-order valence-corrected chi connectivity index (χ1v) is 7.81. The number of likely N-dealkylation sites (tertiary alicyclic amines) is 1. The maximum atomic E-state index is 12.5. The number of aromatic nitrogens is 4. The average molecular weight is 307 g/mol. The summed E-state index contributed by atoms with van der Waals surface area (Å²) in [6.45, 7) is 1.42. The third kappa shape index (κ3) is 2.67. The van der Waals surface area contributed by atoms with Crippen molar-refractivity contribution in [2.24, 2.45) is 0 Å². The van der Waals surface area contributed by atoms with Crippen molar-refractivity contribution < 1.29 is 4.79 Å². The second-order valence-corrected chi connectivity index (χ2v) is 5.82. The van der Waals surface area contributed by atoms with E-state index in [0.717, 1.165) is 36.2 Å². The summed E-state index contributed by atoms with van der Waals surface area (Å²) in [6, 6.07) is 8.00. The van der Waals surface area contributed by atoms with E-state index in [-0.39, 0.29) is 11.8 Å². The van der Waals surface area contributed by atoms with Gasteiger partial charge in [0, 0.05) is 31.4 Å². The molecule has 1 aromatic carbocycles. The molecule has 0 saturated carbocycles. The summed E-state index contributed by atoms with van der Waals surface area (Å²) >= 11 is 0. The minimum Gasteiger partial charge on any atom is -0.342 e. The van der Waals surface area contributed by atoms with Crippen LogP contribution in [0.5, 0.6) is 0 Å². The first kappa shape index (κ1) is 13.9. The van der Waals surface area contributed by atoms with Crippen LogP contribution >= 0.6 is 0 Å². The number of amides is 1. The molecule has 1 aliphatic heterocycles. The fraction of sp³-hybridized carbons (Fsp3) is 0.294. The number of carbonyl (C=O) groups is 1. The van der Waals surface area contributed by atoms with E-state index in [1.807, 2.05) is 29.2 Å². The predicted molar refractivity (Wildman–Crippen MR) is 86.0 cm³/mol. The Kier molecular flexibility index (Phi) is 3.49. The van der Waals surface area contributed by atoms with Crippen molar-refractivity contribution in [2.75, 3.05) is 13.1 Å². The molecule has 0 bridgehead atoms. The van der Waals surface area contributed by atoms with E-state index in [0.29, 0.717) is 12.2 Å². The van der Waals surface area contributed by atoms with Crippen LogP contribution in [0, 0.1) is 0 Å². The number of nitrogens with one attached hydrogen (secondary N) is 1. The Labute approximate surface area is 133 Å². The molecule has 0 aliphatic carbocycles. The summed E-state index contributed by atoms with van der Waals surface area (Å²) in [4.78, 5) is 30.6. The van der Waals surface area contributed by atoms with E-state index in [1.54, 1.807) is 12.4 Å². The van der Waals surface area contributed by atoms with Crippen molar-refractivity contribution in [1.82, 2.24) is 24.8 Å². The van der Waals surface area contributed by atoms with Gasteiger partial charge in [0.1, 0.15) is 11.5 Å². The summed E-state index contributed by atoms with van der Waals surface area (Å²) in [7, 11) is 0. The number of benzene rings is 1. The highest BCUT2D eigenvalue weighted by molar-refractivity contribution is 5.92. The van der Waals surface area contributed by atoms with Gasteiger partial charge in [0.2, 0.25) is 0 Å². The minimum atomic E-state index is -0.0566. The largest absolute Gasteiger partial charge is 0.342 e. The zero-order valence-electron chi connectivity index (χ0n) is 12.6. The molecule has 4 rings (SSSR count). The average Bonchev–Trinajstić information content (AvgIpc) is 3.06. The molecule has 116 valence electrons. The van der Waals surface area contributed by atoms with Crippen molar-refractivity contribution >= 4 is 16.9 Å². The number of fused-ring (bicyclic) bond motifs is 1. The van der Waals surface area contributed by atoms with Crippen molar-refractivity contribution in [3.05, 3.63) is 54.4 Å². The van der Waals surface area contributed by atoms with Crippen molar-refractivity contribution in [3.63, 3.8) is 0 Å². The molecule has 1 aliphatic rings. The highest BCUT2D eigenvalue weighted by Crippen LogP contribution is 2.27. The molecular weight excluding hydrogens is 290 g/mol. The highest BCUT2D eigenvalue weighted by atomic mass is 16.2. The van der Waals surface area contributed by atoms with Crippen LogP contribution in [0.3, 0.4) is 0 Å². The number of hydrogen-bond acceptors (Lipinski definition) is 4. The number of nitrogens with zero attached hydrogens (tertiary/aromatic N) is 4. The Hall–Kier alpha value is -2.76. The van der Waals surface area contributed by atoms with Gasteiger partial charge < -0.3 is 9.88 Å². The van der Waals surface area contributed by atoms with E-state index >= 15 is 0 Å². The van der Waals surface area contributed by atoms with E-state index in [9.17, 15) is 4.79 Å². The van der Waals surface area contributed by atoms with E-state index in [2.05, 4.69) is 19.9 Å². The van der Waals surface area contributed by atoms with Gasteiger partial charge in [0.15, 0.2) is 0 Å². The van der Waals surface area contributed by atoms with Crippen molar-refractivity contribution in [3.8, 4) is 0 Å². The second-order valence-electron chi connectivity index (χ2n) is 5.82. The van der Waals surface area contributed by atoms with Gasteiger partial charge in [0.25, 0.3) is 5.91 Å². The van der Waals surface area contributed by atoms with Crippen LogP contribution in [0.25, 0.3) is 11.0 Å². The molecular formula is C17H17N5O. The van der Waals surface area contributed by atoms with Gasteiger partial charge in [-0.15, -0.1) is 0 Å². The quantitative estimate of drug-likeness (QED) is 0.788. The van der Waals surface area contributed by atoms with Gasteiger partial charge in [-0.05, 0) is 25.0 Å². The third-order valence-electron chi connectivity index (χ3n) is 4.29. The molecule has 2 aromatic heterocycles. The number of piperidine rings is 1. The Balaban J connectivity index is 1.56. The number of para-hydroxylation sites is 2. The Bertz CT molecular complexity index is 796. The summed E-state index contributed by atoms with van der Waals surface area (Å²) in [5.41, 5.74) is 2.41. The lowest BCUT2D eigenvalue weighted by atomic mass is 9.97. The van der Waals surface area contributed by atoms with Crippen LogP contribution in [0.1, 0.15) is 35.1 Å². The van der Waals surface area contributed by atoms with Crippen LogP contribution in [-0.2, 0) is 0 Å². The van der Waals surface area contributed by atoms with E-state index in [1.165, 1.54) is 6.20 Å². The number of hydrogen-bond donors (Lipinski definition) is 1. The predicted octanol–water partition coefficient (Wildman–Crippen LogP) is 2.37. The highest BCUT2D eigenvalue weighted by Gasteiger charge is 2.27. The van der Waals surface area contributed by atoms with Crippen LogP contribution < -0.4 is 0 Å². The van der Waals surface area contributed by atoms with Gasteiger partial charge >= 0.3 is 0 Å². The van der Waals surface area contributed by atoms with Gasteiger partial charge in [-0.25, -0.2) is 9.97 Å². The number of aromatic amines is 1. The normalized spacial score (nSPS) is 18.3. The smallest absolute Gasteiger partial charge is 0.274 e. The molecule has 6 nitrogen and oxygen atoms in total. The fourth-order valence-electron chi connectivity index (χ4n) is 3.12.